The van der Waals surface area contributed by atoms with Gasteiger partial charge in [0.2, 0.25) is 0 Å². The number of aromatic nitrogens is 8. The predicted octanol–water partition coefficient (Wildman–Crippen LogP) is 16.2. The summed E-state index contributed by atoms with van der Waals surface area (Å²) < 4.78 is 17.2. The first-order chi connectivity index (χ1) is 66.2. The number of nitrogens with one attached hydrogen (secondary N) is 4. The molecule has 4 aromatic heterocycles. The van der Waals surface area contributed by atoms with Gasteiger partial charge in [-0.3, -0.25) is 19.6 Å². The van der Waals surface area contributed by atoms with Crippen molar-refractivity contribution in [1.29, 1.82) is 0 Å². The van der Waals surface area contributed by atoms with Gasteiger partial charge < -0.3 is 74.8 Å². The maximum Gasteiger partial charge on any atom is 0.344 e. The Kier molecular flexibility index (Phi) is 31.6. The van der Waals surface area contributed by atoms with Crippen LogP contribution in [0.5, 0.6) is 0 Å². The molecular weight excluding hydrogens is 1770 g/mol. The number of rotatable bonds is 21. The van der Waals surface area contributed by atoms with E-state index in [0.29, 0.717) is 73.4 Å². The molecule has 4 unspecified atom stereocenters. The molecule has 2 bridgehead atoms. The molecule has 8 aromatic rings. The lowest BCUT2D eigenvalue weighted by Gasteiger charge is -2.45. The number of carbonyl (C=O) groups is 4. The molecule has 12 aliphatic heterocycles. The molecule has 4 aromatic carbocycles. The number of fused-ring (bicyclic) bond motifs is 3. The van der Waals surface area contributed by atoms with Gasteiger partial charge in [0.15, 0.2) is 23.3 Å². The number of nitrogens with zero attached hydrogens (tertiary/aromatic N) is 21. The number of piperazine rings is 3. The molecule has 20 rings (SSSR count). The first-order valence-corrected chi connectivity index (χ1v) is 50.7. The summed E-state index contributed by atoms with van der Waals surface area (Å²) in [6.07, 6.45) is 20.9. The molecule has 4 amide bonds. The summed E-state index contributed by atoms with van der Waals surface area (Å²) in [5.74, 6) is 3.81. The van der Waals surface area contributed by atoms with Crippen molar-refractivity contribution >= 4 is 93.3 Å². The van der Waals surface area contributed by atoms with Gasteiger partial charge in [-0.05, 0) is 220 Å². The Morgan fingerprint density at radius 3 is 1.15 bits per heavy atom. The Labute approximate surface area is 819 Å². The lowest BCUT2D eigenvalue weighted by atomic mass is 9.84. The molecule has 31 nitrogen and oxygen atoms in total. The van der Waals surface area contributed by atoms with E-state index < -0.39 is 0 Å². The number of benzene rings is 4. The van der Waals surface area contributed by atoms with E-state index in [1.165, 1.54) is 139 Å². The fourth-order valence-corrected chi connectivity index (χ4v) is 23.1. The van der Waals surface area contributed by atoms with Crippen LogP contribution in [0.2, 0.25) is 10.0 Å². The van der Waals surface area contributed by atoms with Crippen LogP contribution in [0.4, 0.5) is 65.2 Å². The number of morpholine rings is 1. The van der Waals surface area contributed by atoms with Crippen LogP contribution in [0, 0.1) is 25.7 Å². The summed E-state index contributed by atoms with van der Waals surface area (Å²) >= 11 is 12.7. The fourth-order valence-electron chi connectivity index (χ4n) is 22.7. The van der Waals surface area contributed by atoms with Crippen molar-refractivity contribution in [2.75, 3.05) is 218 Å². The zero-order valence-corrected chi connectivity index (χ0v) is 83.2. The Morgan fingerprint density at radius 1 is 0.387 bits per heavy atom. The lowest BCUT2D eigenvalue weighted by Crippen LogP contribution is -2.53. The summed E-state index contributed by atoms with van der Waals surface area (Å²) in [7, 11) is 0. The van der Waals surface area contributed by atoms with E-state index in [0.717, 1.165) is 222 Å². The number of likely N-dealkylation sites (tertiary alicyclic amines) is 4. The van der Waals surface area contributed by atoms with E-state index >= 15 is 0 Å². The zero-order chi connectivity index (χ0) is 95.6. The normalized spacial score (nSPS) is 21.7. The minimum Gasteiger partial charge on any atom is -0.381 e. The van der Waals surface area contributed by atoms with Gasteiger partial charge in [0.25, 0.3) is 0 Å². The van der Waals surface area contributed by atoms with Gasteiger partial charge in [0.05, 0.1) is 38.5 Å². The molecule has 0 radical (unpaired) electrons. The van der Waals surface area contributed by atoms with Crippen LogP contribution in [0.1, 0.15) is 145 Å². The van der Waals surface area contributed by atoms with E-state index in [1.54, 1.807) is 36.9 Å². The summed E-state index contributed by atoms with van der Waals surface area (Å²) in [4.78, 5) is 82.3. The van der Waals surface area contributed by atoms with Crippen molar-refractivity contribution in [2.24, 2.45) is 11.8 Å². The van der Waals surface area contributed by atoms with E-state index in [-0.39, 0.29) is 35.2 Å². The number of hydrogen-bond acceptors (Lipinski definition) is 23. The van der Waals surface area contributed by atoms with Gasteiger partial charge >= 0.3 is 24.1 Å². The number of allylic oxidation sites excluding steroid dienone is 4. The third-order valence-electron chi connectivity index (χ3n) is 29.8. The highest BCUT2D eigenvalue weighted by Crippen LogP contribution is 2.44. The minimum atomic E-state index is -0.0950. The molecule has 4 N–H and O–H groups in total. The third kappa shape index (κ3) is 24.1. The number of aryl methyl sites for hydroxylation is 2. The van der Waals surface area contributed by atoms with Crippen LogP contribution in [-0.4, -0.2) is 307 Å². The molecule has 0 saturated carbocycles. The van der Waals surface area contributed by atoms with E-state index in [9.17, 15) is 19.2 Å². The van der Waals surface area contributed by atoms with Gasteiger partial charge in [-0.2, -0.15) is 18.7 Å². The molecule has 12 fully saturated rings. The molecule has 4 atom stereocenters. The quantitative estimate of drug-likeness (QED) is 0.0522. The third-order valence-corrected chi connectivity index (χ3v) is 30.3. The predicted molar refractivity (Wildman–Crippen MR) is 547 cm³/mol. The SMILES string of the molecule is C=C(C)Nc1ccn(C(=O)N2CCC3(CCCN3Cc3cc(C)cc(N4C5CCC4COC5)c3)CC2)n1.C=C(C)Nc1ccn(C(=O)N2CCC3(CCCN3Cc3cc(C)cc(N4CCCC4)c3)CC2)n1.C=C(C)Nc1ccn(C(=O)N2CCN(Cc3ccc(Cl)cc3N3CC4COCC4C3)CC2)n1.C=C(C)Nc1ccn(C(=O)N2CCN(Cc3ccc(Cl)cc3N3CCN(CC)CC3)CC2)n1. The number of anilines is 8. The van der Waals surface area contributed by atoms with Crippen LogP contribution in [0.15, 0.2) is 171 Å². The number of halogens is 2. The van der Waals surface area contributed by atoms with Crippen LogP contribution in [0.25, 0.3) is 0 Å². The second-order valence-electron chi connectivity index (χ2n) is 40.1. The van der Waals surface area contributed by atoms with Gasteiger partial charge in [0, 0.05) is 285 Å². The van der Waals surface area contributed by atoms with Gasteiger partial charge in [-0.15, -0.1) is 20.4 Å². The average molecular weight is 1910 g/mol. The first kappa shape index (κ1) is 97.9. The number of hydrogen-bond donors (Lipinski definition) is 4. The molecule has 734 valence electrons. The lowest BCUT2D eigenvalue weighted by molar-refractivity contribution is 0.0583. The van der Waals surface area contributed by atoms with E-state index in [4.69, 9.17) is 32.7 Å². The van der Waals surface area contributed by atoms with Crippen LogP contribution in [-0.2, 0) is 35.7 Å². The standard InChI is InChI=1S/C29H40N6O2.C27H38N6O.C24H34ClN7O.C24H31ClN6O2/c1-21(2)30-27-7-12-34(31-27)28(36)32-13-9-29(10-14-32)8-4-11-33(29)18-23-15-22(3)16-26(17-23)35-24-5-6-25(35)20-37-19-24;1-21(2)28-25-7-14-33(29-25)26(34)31-15-9-27(10-16-31)8-6-13-32(27)20-23-17-22(3)18-24(19-23)30-11-4-5-12-30;1-4-28-9-13-30(14-10-28)22-17-21(25)6-5-20(22)18-29-11-15-31(16-12-29)24(33)32-8-7-23(27-32)26-19(2)3;1-17(2)26-23-5-6-31(27-23)24(32)29-9-7-28(8-10-29)12-18-3-4-21(25)11-22(18)30-13-19-15-33-16-20(19)14-30/h7,12,15-17,24-25H,1,4-6,8-11,13-14,18-20H2,2-3H3,(H,30,31);7,14,17-19H,1,4-6,8-13,15-16,20H2,2-3H3,(H,28,29);5-8,17H,2,4,9-16,18H2,1,3H3,(H,26,27);3-6,11,19-20H,1,7-10,12-16H2,2H3,(H,26,27). The molecule has 33 heteroatoms. The largest absolute Gasteiger partial charge is 0.381 e. The van der Waals surface area contributed by atoms with Gasteiger partial charge in [-0.1, -0.05) is 80.7 Å². The zero-order valence-electron chi connectivity index (χ0n) is 81.7. The minimum absolute atomic E-state index is 0.0388. The Bertz CT molecular complexity index is 5530. The molecule has 137 heavy (non-hydrogen) atoms. The smallest absolute Gasteiger partial charge is 0.344 e. The topological polar surface area (TPSA) is 248 Å². The monoisotopic (exact) mass is 1910 g/mol. The van der Waals surface area contributed by atoms with Crippen molar-refractivity contribution in [3.63, 3.8) is 0 Å². The average Bonchev–Trinajstić information content (AvgIpc) is 1.66. The van der Waals surface area contributed by atoms with Crippen molar-refractivity contribution < 1.29 is 28.7 Å². The maximum atomic E-state index is 13.1. The molecular formula is C104H143Cl2N25O6. The number of ether oxygens (including phenoxy) is 2. The fraction of sp³-hybridized carbons (Fsp3) is 0.538. The van der Waals surface area contributed by atoms with Crippen LogP contribution in [0.3, 0.4) is 0 Å². The van der Waals surface area contributed by atoms with Gasteiger partial charge in [-0.25, -0.2) is 19.2 Å². The Balaban J connectivity index is 0.000000127. The van der Waals surface area contributed by atoms with Crippen molar-refractivity contribution in [3.8, 4) is 0 Å². The van der Waals surface area contributed by atoms with E-state index in [1.807, 2.05) is 71.6 Å². The molecule has 2 spiro atoms. The van der Waals surface area contributed by atoms with Crippen LogP contribution >= 0.6 is 23.2 Å². The second-order valence-corrected chi connectivity index (χ2v) is 41.0. The molecule has 0 aliphatic carbocycles. The number of carbonyl (C=O) groups excluding carboxylic acids is 4. The molecule has 12 saturated heterocycles. The summed E-state index contributed by atoms with van der Waals surface area (Å²) in [6.45, 7) is 57.8. The number of piperidine rings is 2. The van der Waals surface area contributed by atoms with Crippen LogP contribution < -0.4 is 40.9 Å². The van der Waals surface area contributed by atoms with Crippen molar-refractivity contribution in [2.45, 2.75) is 175 Å². The number of likely N-dealkylation sites (N-methyl/N-ethyl adjacent to an activating group) is 1. The van der Waals surface area contributed by atoms with Crippen molar-refractivity contribution in [3.05, 3.63) is 214 Å². The summed E-state index contributed by atoms with van der Waals surface area (Å²) in [6, 6.07) is 34.7. The highest BCUT2D eigenvalue weighted by molar-refractivity contribution is 6.31. The first-order valence-electron chi connectivity index (χ1n) is 49.9. The second kappa shape index (κ2) is 44.2. The van der Waals surface area contributed by atoms with Gasteiger partial charge in [0.1, 0.15) is 0 Å². The highest BCUT2D eigenvalue weighted by Gasteiger charge is 2.47. The van der Waals surface area contributed by atoms with Crippen molar-refractivity contribution in [1.82, 2.24) is 83.2 Å². The Hall–Kier alpha value is -10.7. The molecule has 16 heterocycles. The highest BCUT2D eigenvalue weighted by atomic mass is 35.5. The summed E-state index contributed by atoms with van der Waals surface area (Å²) in [5.41, 5.74) is 17.0. The molecule has 12 aliphatic rings. The summed E-state index contributed by atoms with van der Waals surface area (Å²) in [5, 5.41) is 31.2. The van der Waals surface area contributed by atoms with E-state index in [2.05, 4.69) is 194 Å². The number of amides is 4. The Morgan fingerprint density at radius 2 is 0.752 bits per heavy atom. The maximum absolute atomic E-state index is 13.1.